The molecule has 6 nitrogen and oxygen atoms in total. The minimum absolute atomic E-state index is 0.0267. The van der Waals surface area contributed by atoms with Crippen LogP contribution < -0.4 is 10.0 Å². The van der Waals surface area contributed by atoms with E-state index in [1.54, 1.807) is 6.20 Å². The molecule has 0 amide bonds. The fraction of sp³-hybridized carbons (Fsp3) is 0.357. The fourth-order valence-corrected chi connectivity index (χ4v) is 3.03. The standard InChI is InChI=1S/C14H20N4O2S/c1-2-15-7-12-4-3-5-13(6-12)10-21(19,20)18-9-14-8-16-11-17-14/h3-6,8,11,15,18H,2,7,9-10H2,1H3,(H,16,17). The first-order valence-electron chi connectivity index (χ1n) is 6.82. The predicted octanol–water partition coefficient (Wildman–Crippen LogP) is 1.14. The van der Waals surface area contributed by atoms with Crippen LogP contribution in [0.1, 0.15) is 23.7 Å². The highest BCUT2D eigenvalue weighted by atomic mass is 32.2. The summed E-state index contributed by atoms with van der Waals surface area (Å²) >= 11 is 0. The van der Waals surface area contributed by atoms with Gasteiger partial charge in [0.05, 0.1) is 18.6 Å². The number of hydrogen-bond donors (Lipinski definition) is 3. The van der Waals surface area contributed by atoms with Gasteiger partial charge in [0.1, 0.15) is 0 Å². The highest BCUT2D eigenvalue weighted by Crippen LogP contribution is 2.09. The first-order chi connectivity index (χ1) is 10.1. The number of aromatic amines is 1. The molecule has 114 valence electrons. The Hall–Kier alpha value is -1.70. The Kier molecular flexibility index (Phi) is 5.49. The Morgan fingerprint density at radius 2 is 2.05 bits per heavy atom. The maximum atomic E-state index is 12.1. The second kappa shape index (κ2) is 7.35. The summed E-state index contributed by atoms with van der Waals surface area (Å²) in [6.07, 6.45) is 3.12. The van der Waals surface area contributed by atoms with Gasteiger partial charge in [0.25, 0.3) is 0 Å². The number of imidazole rings is 1. The number of sulfonamides is 1. The van der Waals surface area contributed by atoms with Gasteiger partial charge in [-0.15, -0.1) is 0 Å². The Morgan fingerprint density at radius 3 is 2.76 bits per heavy atom. The molecule has 1 aromatic carbocycles. The van der Waals surface area contributed by atoms with Crippen LogP contribution in [0.5, 0.6) is 0 Å². The lowest BCUT2D eigenvalue weighted by Gasteiger charge is -2.08. The van der Waals surface area contributed by atoms with Crippen LogP contribution >= 0.6 is 0 Å². The SMILES string of the molecule is CCNCc1cccc(CS(=O)(=O)NCc2cnc[nH]2)c1. The molecule has 0 aliphatic carbocycles. The Labute approximate surface area is 125 Å². The van der Waals surface area contributed by atoms with Crippen LogP contribution in [0.15, 0.2) is 36.8 Å². The Bertz CT molecular complexity index is 653. The van der Waals surface area contributed by atoms with Gasteiger partial charge < -0.3 is 10.3 Å². The normalized spacial score (nSPS) is 11.7. The van der Waals surface area contributed by atoms with Crippen LogP contribution in [-0.4, -0.2) is 24.9 Å². The number of rotatable bonds is 8. The molecule has 2 rings (SSSR count). The van der Waals surface area contributed by atoms with E-state index in [0.717, 1.165) is 29.9 Å². The van der Waals surface area contributed by atoms with Crippen LogP contribution in [0.2, 0.25) is 0 Å². The molecule has 0 unspecified atom stereocenters. The molecule has 0 aliphatic heterocycles. The van der Waals surface area contributed by atoms with E-state index < -0.39 is 10.0 Å². The molecule has 1 aromatic heterocycles. The van der Waals surface area contributed by atoms with Gasteiger partial charge in [-0.05, 0) is 17.7 Å². The summed E-state index contributed by atoms with van der Waals surface area (Å²) in [6, 6.07) is 7.60. The van der Waals surface area contributed by atoms with Gasteiger partial charge in [-0.25, -0.2) is 18.1 Å². The van der Waals surface area contributed by atoms with Crippen molar-refractivity contribution in [1.82, 2.24) is 20.0 Å². The zero-order valence-electron chi connectivity index (χ0n) is 12.0. The molecule has 0 fully saturated rings. The summed E-state index contributed by atoms with van der Waals surface area (Å²) < 4.78 is 26.7. The first-order valence-corrected chi connectivity index (χ1v) is 8.47. The van der Waals surface area contributed by atoms with Crippen molar-refractivity contribution in [3.05, 3.63) is 53.6 Å². The average Bonchev–Trinajstić information content (AvgIpc) is 2.96. The third-order valence-electron chi connectivity index (χ3n) is 2.96. The van der Waals surface area contributed by atoms with E-state index in [4.69, 9.17) is 0 Å². The molecule has 0 bridgehead atoms. The molecule has 3 N–H and O–H groups in total. The van der Waals surface area contributed by atoms with E-state index in [0.29, 0.717) is 0 Å². The lowest BCUT2D eigenvalue weighted by Crippen LogP contribution is -2.25. The van der Waals surface area contributed by atoms with Gasteiger partial charge in [-0.3, -0.25) is 0 Å². The van der Waals surface area contributed by atoms with Gasteiger partial charge in [-0.2, -0.15) is 0 Å². The average molecular weight is 308 g/mol. The van der Waals surface area contributed by atoms with Crippen molar-refractivity contribution in [2.24, 2.45) is 0 Å². The third-order valence-corrected chi connectivity index (χ3v) is 4.26. The van der Waals surface area contributed by atoms with Gasteiger partial charge >= 0.3 is 0 Å². The number of nitrogens with one attached hydrogen (secondary N) is 3. The maximum absolute atomic E-state index is 12.1. The summed E-state index contributed by atoms with van der Waals surface area (Å²) in [4.78, 5) is 6.71. The molecule has 0 spiro atoms. The highest BCUT2D eigenvalue weighted by Gasteiger charge is 2.12. The van der Waals surface area contributed by atoms with Crippen LogP contribution in [0, 0.1) is 0 Å². The van der Waals surface area contributed by atoms with Gasteiger partial charge in [-0.1, -0.05) is 31.2 Å². The van der Waals surface area contributed by atoms with Crippen molar-refractivity contribution in [3.8, 4) is 0 Å². The summed E-state index contributed by atoms with van der Waals surface area (Å²) in [5, 5.41) is 3.22. The largest absolute Gasteiger partial charge is 0.347 e. The minimum atomic E-state index is -3.37. The molecule has 0 saturated heterocycles. The molecule has 0 saturated carbocycles. The lowest BCUT2D eigenvalue weighted by molar-refractivity contribution is 0.579. The zero-order chi connectivity index (χ0) is 15.1. The van der Waals surface area contributed by atoms with Gasteiger partial charge in [0.15, 0.2) is 0 Å². The van der Waals surface area contributed by atoms with Gasteiger partial charge in [0.2, 0.25) is 10.0 Å². The van der Waals surface area contributed by atoms with Gasteiger partial charge in [0, 0.05) is 18.4 Å². The Balaban J connectivity index is 1.95. The minimum Gasteiger partial charge on any atom is -0.347 e. The number of hydrogen-bond acceptors (Lipinski definition) is 4. The van der Waals surface area contributed by atoms with E-state index in [1.165, 1.54) is 6.33 Å². The molecule has 7 heteroatoms. The van der Waals surface area contributed by atoms with Crippen LogP contribution in [0.3, 0.4) is 0 Å². The molecule has 0 radical (unpaired) electrons. The number of benzene rings is 1. The van der Waals surface area contributed by atoms with Crippen LogP contribution in [0.25, 0.3) is 0 Å². The molecule has 1 heterocycles. The number of aromatic nitrogens is 2. The first kappa shape index (κ1) is 15.7. The van der Waals surface area contributed by atoms with Crippen LogP contribution in [0.4, 0.5) is 0 Å². The molecular weight excluding hydrogens is 288 g/mol. The molecule has 0 atom stereocenters. The number of H-pyrrole nitrogens is 1. The zero-order valence-corrected chi connectivity index (χ0v) is 12.8. The molecule has 21 heavy (non-hydrogen) atoms. The number of nitrogens with zero attached hydrogens (tertiary/aromatic N) is 1. The quantitative estimate of drug-likeness (QED) is 0.682. The summed E-state index contributed by atoms with van der Waals surface area (Å²) in [5.41, 5.74) is 2.60. The van der Waals surface area contributed by atoms with Crippen molar-refractivity contribution >= 4 is 10.0 Å². The molecular formula is C14H20N4O2S. The molecule has 2 aromatic rings. The van der Waals surface area contributed by atoms with E-state index in [-0.39, 0.29) is 12.3 Å². The topological polar surface area (TPSA) is 86.9 Å². The third kappa shape index (κ3) is 5.30. The van der Waals surface area contributed by atoms with E-state index >= 15 is 0 Å². The smallest absolute Gasteiger partial charge is 0.216 e. The highest BCUT2D eigenvalue weighted by molar-refractivity contribution is 7.88. The van der Waals surface area contributed by atoms with Crippen molar-refractivity contribution < 1.29 is 8.42 Å². The van der Waals surface area contributed by atoms with Crippen molar-refractivity contribution in [2.45, 2.75) is 25.8 Å². The second-order valence-electron chi connectivity index (χ2n) is 4.76. The van der Waals surface area contributed by atoms with Crippen molar-refractivity contribution in [3.63, 3.8) is 0 Å². The summed E-state index contributed by atoms with van der Waals surface area (Å²) in [6.45, 7) is 3.88. The summed E-state index contributed by atoms with van der Waals surface area (Å²) in [7, 11) is -3.37. The van der Waals surface area contributed by atoms with Crippen molar-refractivity contribution in [2.75, 3.05) is 6.54 Å². The van der Waals surface area contributed by atoms with E-state index in [9.17, 15) is 8.42 Å². The van der Waals surface area contributed by atoms with E-state index in [2.05, 4.69) is 20.0 Å². The van der Waals surface area contributed by atoms with Crippen molar-refractivity contribution in [1.29, 1.82) is 0 Å². The predicted molar refractivity (Wildman–Crippen MR) is 81.9 cm³/mol. The Morgan fingerprint density at radius 1 is 1.24 bits per heavy atom. The fourth-order valence-electron chi connectivity index (χ4n) is 1.94. The van der Waals surface area contributed by atoms with Crippen LogP contribution in [-0.2, 0) is 28.9 Å². The lowest BCUT2D eigenvalue weighted by atomic mass is 10.1. The molecule has 0 aliphatic rings. The monoisotopic (exact) mass is 308 g/mol. The maximum Gasteiger partial charge on any atom is 0.216 e. The second-order valence-corrected chi connectivity index (χ2v) is 6.56. The summed E-state index contributed by atoms with van der Waals surface area (Å²) in [5.74, 6) is -0.0267. The van der Waals surface area contributed by atoms with E-state index in [1.807, 2.05) is 31.2 Å².